The highest BCUT2D eigenvalue weighted by molar-refractivity contribution is 7.98. The molecule has 1 N–H and O–H groups in total. The third-order valence-corrected chi connectivity index (χ3v) is 3.67. The number of hydrogen-bond acceptors (Lipinski definition) is 4. The van der Waals surface area contributed by atoms with E-state index < -0.39 is 5.97 Å². The fourth-order valence-electron chi connectivity index (χ4n) is 1.79. The Morgan fingerprint density at radius 3 is 2.72 bits per heavy atom. The molecule has 5 heteroatoms. The summed E-state index contributed by atoms with van der Waals surface area (Å²) in [6, 6.07) is 5.65. The number of methoxy groups -OCH3 is 1. The number of ether oxygens (including phenoxy) is 1. The molecule has 0 bridgehead atoms. The first-order valence-corrected chi connectivity index (χ1v) is 6.87. The lowest BCUT2D eigenvalue weighted by molar-refractivity contribution is 0.0693. The van der Waals surface area contributed by atoms with Gasteiger partial charge in [0.25, 0.3) is 0 Å². The number of benzene rings is 1. The Kier molecular flexibility index (Phi) is 5.50. The molecular weight excluding hydrogens is 250 g/mol. The van der Waals surface area contributed by atoms with Crippen LogP contribution >= 0.6 is 11.8 Å². The van der Waals surface area contributed by atoms with Crippen molar-refractivity contribution >= 4 is 23.4 Å². The highest BCUT2D eigenvalue weighted by Gasteiger charge is 2.20. The van der Waals surface area contributed by atoms with Gasteiger partial charge in [0.15, 0.2) is 0 Å². The monoisotopic (exact) mass is 269 g/mol. The van der Waals surface area contributed by atoms with Crippen LogP contribution in [0.4, 0.5) is 5.69 Å². The van der Waals surface area contributed by atoms with Gasteiger partial charge in [-0.25, -0.2) is 4.79 Å². The van der Waals surface area contributed by atoms with Gasteiger partial charge in [-0.1, -0.05) is 6.07 Å². The topological polar surface area (TPSA) is 49.8 Å². The molecule has 0 fully saturated rings. The van der Waals surface area contributed by atoms with Gasteiger partial charge in [0.1, 0.15) is 0 Å². The lowest BCUT2D eigenvalue weighted by atomic mass is 10.1. The molecule has 0 aliphatic rings. The van der Waals surface area contributed by atoms with Gasteiger partial charge in [-0.15, -0.1) is 11.8 Å². The van der Waals surface area contributed by atoms with Gasteiger partial charge >= 0.3 is 5.97 Å². The van der Waals surface area contributed by atoms with Crippen molar-refractivity contribution in [2.45, 2.75) is 17.9 Å². The van der Waals surface area contributed by atoms with E-state index in [2.05, 4.69) is 0 Å². The quantitative estimate of drug-likeness (QED) is 0.804. The molecule has 0 aliphatic heterocycles. The second-order valence-corrected chi connectivity index (χ2v) is 4.92. The van der Waals surface area contributed by atoms with Crippen LogP contribution in [0.5, 0.6) is 0 Å². The molecule has 1 rings (SSSR count). The van der Waals surface area contributed by atoms with E-state index in [9.17, 15) is 9.90 Å². The molecule has 0 saturated heterocycles. The molecule has 0 spiro atoms. The number of carboxylic acids is 1. The Hall–Kier alpha value is -1.20. The van der Waals surface area contributed by atoms with Crippen molar-refractivity contribution in [1.29, 1.82) is 0 Å². The minimum Gasteiger partial charge on any atom is -0.478 e. The number of carboxylic acid groups (broad SMARTS) is 1. The lowest BCUT2D eigenvalue weighted by Crippen LogP contribution is -2.33. The van der Waals surface area contributed by atoms with Crippen molar-refractivity contribution in [3.63, 3.8) is 0 Å². The number of carbonyl (C=O) groups is 1. The highest BCUT2D eigenvalue weighted by Crippen LogP contribution is 2.30. The summed E-state index contributed by atoms with van der Waals surface area (Å²) in [5.41, 5.74) is 1.08. The third kappa shape index (κ3) is 3.17. The summed E-state index contributed by atoms with van der Waals surface area (Å²) in [6.07, 6.45) is 1.88. The Bertz CT molecular complexity index is 423. The molecule has 1 aromatic rings. The Morgan fingerprint density at radius 2 is 2.22 bits per heavy atom. The van der Waals surface area contributed by atoms with Crippen LogP contribution in [0.15, 0.2) is 23.1 Å². The summed E-state index contributed by atoms with van der Waals surface area (Å²) in [5, 5.41) is 9.37. The molecular formula is C13H19NO3S. The molecule has 100 valence electrons. The average Bonchev–Trinajstić information content (AvgIpc) is 2.36. The smallest absolute Gasteiger partial charge is 0.338 e. The zero-order valence-corrected chi connectivity index (χ0v) is 12.0. The van der Waals surface area contributed by atoms with Crippen LogP contribution in [-0.4, -0.2) is 44.1 Å². The van der Waals surface area contributed by atoms with Crippen molar-refractivity contribution < 1.29 is 14.6 Å². The predicted octanol–water partition coefficient (Wildman–Crippen LogP) is 2.58. The lowest BCUT2D eigenvalue weighted by Gasteiger charge is -2.28. The summed E-state index contributed by atoms with van der Waals surface area (Å²) in [5.74, 6) is -0.897. The molecule has 1 aromatic carbocycles. The van der Waals surface area contributed by atoms with Crippen molar-refractivity contribution in [2.75, 3.05) is 31.9 Å². The number of aromatic carboxylic acids is 1. The standard InChI is InChI=1S/C13H19NO3S/c1-9(8-17-3)14(2)10-6-5-7-11(18-4)12(10)13(15)16/h5-7,9H,8H2,1-4H3,(H,15,16). The molecule has 0 aliphatic carbocycles. The van der Waals surface area contributed by atoms with Gasteiger partial charge in [-0.05, 0) is 25.3 Å². The summed E-state index contributed by atoms with van der Waals surface area (Å²) in [7, 11) is 3.52. The largest absolute Gasteiger partial charge is 0.478 e. The van der Waals surface area contributed by atoms with Gasteiger partial charge in [0.05, 0.1) is 17.9 Å². The predicted molar refractivity (Wildman–Crippen MR) is 74.9 cm³/mol. The van der Waals surface area contributed by atoms with E-state index in [1.807, 2.05) is 43.3 Å². The Morgan fingerprint density at radius 1 is 1.56 bits per heavy atom. The maximum Gasteiger partial charge on any atom is 0.338 e. The van der Waals surface area contributed by atoms with Gasteiger partial charge in [0.2, 0.25) is 0 Å². The third-order valence-electron chi connectivity index (χ3n) is 2.89. The highest BCUT2D eigenvalue weighted by atomic mass is 32.2. The van der Waals surface area contributed by atoms with Crippen molar-refractivity contribution in [1.82, 2.24) is 0 Å². The number of nitrogens with zero attached hydrogens (tertiary/aromatic N) is 1. The first-order valence-electron chi connectivity index (χ1n) is 5.65. The van der Waals surface area contributed by atoms with Crippen LogP contribution in [0.25, 0.3) is 0 Å². The first kappa shape index (κ1) is 14.9. The van der Waals surface area contributed by atoms with Crippen LogP contribution in [0.1, 0.15) is 17.3 Å². The van der Waals surface area contributed by atoms with E-state index in [1.165, 1.54) is 11.8 Å². The summed E-state index contributed by atoms with van der Waals surface area (Å²) in [4.78, 5) is 14.1. The number of thioether (sulfide) groups is 1. The minimum absolute atomic E-state index is 0.116. The SMILES string of the molecule is COCC(C)N(C)c1cccc(SC)c1C(=O)O. The van der Waals surface area contributed by atoms with Gasteiger partial charge in [-0.2, -0.15) is 0 Å². The molecule has 1 atom stereocenters. The van der Waals surface area contributed by atoms with E-state index in [4.69, 9.17) is 4.74 Å². The normalized spacial score (nSPS) is 12.2. The molecule has 0 radical (unpaired) electrons. The molecule has 0 heterocycles. The minimum atomic E-state index is -0.897. The second-order valence-electron chi connectivity index (χ2n) is 4.07. The van der Waals surface area contributed by atoms with Gasteiger partial charge < -0.3 is 14.7 Å². The van der Waals surface area contributed by atoms with Gasteiger partial charge in [0, 0.05) is 25.1 Å². The summed E-state index contributed by atoms with van der Waals surface area (Å²) in [6.45, 7) is 2.56. The molecule has 4 nitrogen and oxygen atoms in total. The van der Waals surface area contributed by atoms with Crippen molar-refractivity contribution in [3.8, 4) is 0 Å². The second kappa shape index (κ2) is 6.66. The fraction of sp³-hybridized carbons (Fsp3) is 0.462. The van der Waals surface area contributed by atoms with E-state index in [-0.39, 0.29) is 6.04 Å². The van der Waals surface area contributed by atoms with Crippen LogP contribution in [0.3, 0.4) is 0 Å². The van der Waals surface area contributed by atoms with Crippen molar-refractivity contribution in [3.05, 3.63) is 23.8 Å². The van der Waals surface area contributed by atoms with E-state index >= 15 is 0 Å². The fourth-order valence-corrected chi connectivity index (χ4v) is 2.40. The molecule has 0 amide bonds. The molecule has 1 unspecified atom stereocenters. The first-order chi connectivity index (χ1) is 8.52. The van der Waals surface area contributed by atoms with Crippen LogP contribution < -0.4 is 4.90 Å². The van der Waals surface area contributed by atoms with Crippen LogP contribution in [0, 0.1) is 0 Å². The number of hydrogen-bond donors (Lipinski definition) is 1. The maximum atomic E-state index is 11.4. The molecule has 0 aromatic heterocycles. The van der Waals surface area contributed by atoms with Gasteiger partial charge in [-0.3, -0.25) is 0 Å². The molecule has 18 heavy (non-hydrogen) atoms. The van der Waals surface area contributed by atoms with Crippen LogP contribution in [-0.2, 0) is 4.74 Å². The summed E-state index contributed by atoms with van der Waals surface area (Å²) < 4.78 is 5.11. The average molecular weight is 269 g/mol. The zero-order valence-electron chi connectivity index (χ0n) is 11.1. The number of rotatable bonds is 6. The van der Waals surface area contributed by atoms with Crippen molar-refractivity contribution in [2.24, 2.45) is 0 Å². The Labute approximate surface area is 112 Å². The van der Waals surface area contributed by atoms with Crippen LogP contribution in [0.2, 0.25) is 0 Å². The molecule has 0 saturated carbocycles. The zero-order chi connectivity index (χ0) is 13.7. The van der Waals surface area contributed by atoms with E-state index in [1.54, 1.807) is 7.11 Å². The van der Waals surface area contributed by atoms with E-state index in [0.717, 1.165) is 10.6 Å². The summed E-state index contributed by atoms with van der Waals surface area (Å²) >= 11 is 1.44. The number of anilines is 1. The Balaban J connectivity index is 3.19. The number of likely N-dealkylation sites (N-methyl/N-ethyl adjacent to an activating group) is 1. The maximum absolute atomic E-state index is 11.4. The van der Waals surface area contributed by atoms with E-state index in [0.29, 0.717) is 12.2 Å².